The Hall–Kier alpha value is -1.75. The van der Waals surface area contributed by atoms with Gasteiger partial charge < -0.3 is 9.52 Å². The summed E-state index contributed by atoms with van der Waals surface area (Å²) in [6.07, 6.45) is 0. The Morgan fingerprint density at radius 1 is 1.00 bits per heavy atom. The number of furan rings is 1. The second-order valence-corrected chi connectivity index (χ2v) is 3.15. The molecule has 0 aliphatic carbocycles. The number of rotatable bonds is 2. The van der Waals surface area contributed by atoms with E-state index in [1.165, 1.54) is 12.1 Å². The summed E-state index contributed by atoms with van der Waals surface area (Å²) in [5.41, 5.74) is -0.182. The van der Waals surface area contributed by atoms with Crippen molar-refractivity contribution < 1.29 is 22.7 Å². The molecule has 84 valence electrons. The predicted molar refractivity (Wildman–Crippen MR) is 49.9 cm³/mol. The number of hydrogen-bond donors (Lipinski definition) is 1. The van der Waals surface area contributed by atoms with Crippen molar-refractivity contribution in [1.82, 2.24) is 0 Å². The molecular formula is C11H7F3O2. The van der Waals surface area contributed by atoms with Gasteiger partial charge in [-0.15, -0.1) is 0 Å². The minimum absolute atomic E-state index is 0.0421. The van der Waals surface area contributed by atoms with Crippen molar-refractivity contribution in [1.29, 1.82) is 0 Å². The second-order valence-electron chi connectivity index (χ2n) is 3.15. The standard InChI is InChI=1S/C11H7F3O2/c12-8-3-2-7(10(13)11(8)14)9-4-1-6(5-15)16-9/h1-4,15H,5H2. The van der Waals surface area contributed by atoms with Crippen molar-refractivity contribution >= 4 is 0 Å². The van der Waals surface area contributed by atoms with Crippen LogP contribution in [0.4, 0.5) is 13.2 Å². The van der Waals surface area contributed by atoms with Crippen molar-refractivity contribution in [2.24, 2.45) is 0 Å². The van der Waals surface area contributed by atoms with Crippen molar-refractivity contribution in [3.8, 4) is 11.3 Å². The zero-order valence-corrected chi connectivity index (χ0v) is 8.01. The lowest BCUT2D eigenvalue weighted by Crippen LogP contribution is -1.92. The first-order valence-electron chi connectivity index (χ1n) is 4.47. The Kier molecular flexibility index (Phi) is 2.70. The highest BCUT2D eigenvalue weighted by Crippen LogP contribution is 2.27. The van der Waals surface area contributed by atoms with E-state index >= 15 is 0 Å². The van der Waals surface area contributed by atoms with Gasteiger partial charge in [0.2, 0.25) is 0 Å². The lowest BCUT2D eigenvalue weighted by molar-refractivity contribution is 0.248. The molecule has 0 fully saturated rings. The normalized spacial score (nSPS) is 10.8. The van der Waals surface area contributed by atoms with E-state index in [2.05, 4.69) is 0 Å². The average Bonchev–Trinajstić information content (AvgIpc) is 2.74. The Labute approximate surface area is 88.9 Å². The molecule has 0 amide bonds. The fourth-order valence-corrected chi connectivity index (χ4v) is 1.32. The summed E-state index contributed by atoms with van der Waals surface area (Å²) in [4.78, 5) is 0. The number of halogens is 3. The highest BCUT2D eigenvalue weighted by molar-refractivity contribution is 5.58. The molecule has 0 atom stereocenters. The lowest BCUT2D eigenvalue weighted by atomic mass is 10.1. The molecule has 2 rings (SSSR count). The molecule has 16 heavy (non-hydrogen) atoms. The van der Waals surface area contributed by atoms with Crippen LogP contribution in [-0.2, 0) is 6.61 Å². The van der Waals surface area contributed by atoms with Gasteiger partial charge in [-0.1, -0.05) is 0 Å². The van der Waals surface area contributed by atoms with E-state index in [0.717, 1.165) is 12.1 Å². The van der Waals surface area contributed by atoms with Crippen LogP contribution in [0.5, 0.6) is 0 Å². The molecular weight excluding hydrogens is 221 g/mol. The number of benzene rings is 1. The summed E-state index contributed by atoms with van der Waals surface area (Å²) in [7, 11) is 0. The SMILES string of the molecule is OCc1ccc(-c2ccc(F)c(F)c2F)o1. The van der Waals surface area contributed by atoms with Crippen LogP contribution < -0.4 is 0 Å². The molecule has 0 spiro atoms. The van der Waals surface area contributed by atoms with Gasteiger partial charge in [-0.25, -0.2) is 13.2 Å². The molecule has 0 unspecified atom stereocenters. The largest absolute Gasteiger partial charge is 0.459 e. The number of hydrogen-bond acceptors (Lipinski definition) is 2. The van der Waals surface area contributed by atoms with Gasteiger partial charge in [-0.05, 0) is 24.3 Å². The molecule has 2 aromatic rings. The average molecular weight is 228 g/mol. The van der Waals surface area contributed by atoms with Gasteiger partial charge in [-0.2, -0.15) is 0 Å². The van der Waals surface area contributed by atoms with Crippen molar-refractivity contribution in [3.05, 3.63) is 47.5 Å². The molecule has 0 aliphatic rings. The topological polar surface area (TPSA) is 33.4 Å². The Balaban J connectivity index is 2.52. The van der Waals surface area contributed by atoms with Crippen molar-refractivity contribution in [2.75, 3.05) is 0 Å². The summed E-state index contributed by atoms with van der Waals surface area (Å²) in [6.45, 7) is -0.342. The monoisotopic (exact) mass is 228 g/mol. The van der Waals surface area contributed by atoms with Gasteiger partial charge in [0.1, 0.15) is 18.1 Å². The van der Waals surface area contributed by atoms with E-state index < -0.39 is 17.5 Å². The first-order chi connectivity index (χ1) is 7.63. The molecule has 0 radical (unpaired) electrons. The number of aliphatic hydroxyl groups is 1. The maximum absolute atomic E-state index is 13.3. The molecule has 1 aromatic heterocycles. The van der Waals surface area contributed by atoms with Crippen LogP contribution in [0.25, 0.3) is 11.3 Å². The summed E-state index contributed by atoms with van der Waals surface area (Å²) >= 11 is 0. The summed E-state index contributed by atoms with van der Waals surface area (Å²) in [5, 5.41) is 8.74. The number of aliphatic hydroxyl groups excluding tert-OH is 1. The van der Waals surface area contributed by atoms with E-state index in [0.29, 0.717) is 0 Å². The highest BCUT2D eigenvalue weighted by atomic mass is 19.2. The molecule has 2 nitrogen and oxygen atoms in total. The minimum Gasteiger partial charge on any atom is -0.459 e. The van der Waals surface area contributed by atoms with E-state index in [-0.39, 0.29) is 23.7 Å². The molecule has 0 saturated heterocycles. The minimum atomic E-state index is -1.54. The second kappa shape index (κ2) is 4.02. The van der Waals surface area contributed by atoms with Gasteiger partial charge in [0.25, 0.3) is 0 Å². The van der Waals surface area contributed by atoms with Crippen molar-refractivity contribution in [2.45, 2.75) is 6.61 Å². The van der Waals surface area contributed by atoms with Gasteiger partial charge in [-0.3, -0.25) is 0 Å². The zero-order chi connectivity index (χ0) is 11.7. The Morgan fingerprint density at radius 2 is 1.75 bits per heavy atom. The van der Waals surface area contributed by atoms with Crippen LogP contribution in [0, 0.1) is 17.5 Å². The molecule has 0 aliphatic heterocycles. The van der Waals surface area contributed by atoms with E-state index in [4.69, 9.17) is 9.52 Å². The first kappa shape index (κ1) is 10.8. The third-order valence-electron chi connectivity index (χ3n) is 2.12. The van der Waals surface area contributed by atoms with Gasteiger partial charge in [0, 0.05) is 0 Å². The molecule has 1 N–H and O–H groups in total. The van der Waals surface area contributed by atoms with Crippen molar-refractivity contribution in [3.63, 3.8) is 0 Å². The smallest absolute Gasteiger partial charge is 0.195 e. The fraction of sp³-hybridized carbons (Fsp3) is 0.0909. The van der Waals surface area contributed by atoms with Crippen LogP contribution in [0.15, 0.2) is 28.7 Å². The molecule has 0 saturated carbocycles. The Bertz CT molecular complexity index is 520. The first-order valence-corrected chi connectivity index (χ1v) is 4.47. The zero-order valence-electron chi connectivity index (χ0n) is 8.01. The highest BCUT2D eigenvalue weighted by Gasteiger charge is 2.16. The molecule has 1 heterocycles. The van der Waals surface area contributed by atoms with E-state index in [1.54, 1.807) is 0 Å². The van der Waals surface area contributed by atoms with E-state index in [1.807, 2.05) is 0 Å². The fourth-order valence-electron chi connectivity index (χ4n) is 1.32. The maximum Gasteiger partial charge on any atom is 0.195 e. The maximum atomic E-state index is 13.3. The summed E-state index contributed by atoms with van der Waals surface area (Å²) in [6, 6.07) is 4.69. The van der Waals surface area contributed by atoms with E-state index in [9.17, 15) is 13.2 Å². The molecule has 5 heteroatoms. The Morgan fingerprint density at radius 3 is 2.38 bits per heavy atom. The summed E-state index contributed by atoms with van der Waals surface area (Å²) in [5.74, 6) is -3.84. The third kappa shape index (κ3) is 1.69. The third-order valence-corrected chi connectivity index (χ3v) is 2.12. The van der Waals surface area contributed by atoms with Crippen LogP contribution in [0.3, 0.4) is 0 Å². The van der Waals surface area contributed by atoms with Gasteiger partial charge in [0.05, 0.1) is 5.56 Å². The van der Waals surface area contributed by atoms with Gasteiger partial charge >= 0.3 is 0 Å². The van der Waals surface area contributed by atoms with Gasteiger partial charge in [0.15, 0.2) is 17.5 Å². The predicted octanol–water partition coefficient (Wildman–Crippen LogP) is 2.86. The summed E-state index contributed by atoms with van der Waals surface area (Å²) < 4.78 is 43.9. The lowest BCUT2D eigenvalue weighted by Gasteiger charge is -2.01. The van der Waals surface area contributed by atoms with Crippen LogP contribution in [0.2, 0.25) is 0 Å². The molecule has 1 aromatic carbocycles. The van der Waals surface area contributed by atoms with Crippen LogP contribution in [0.1, 0.15) is 5.76 Å². The quantitative estimate of drug-likeness (QED) is 0.802. The van der Waals surface area contributed by atoms with Crippen LogP contribution >= 0.6 is 0 Å². The molecule has 0 bridgehead atoms. The van der Waals surface area contributed by atoms with Crippen LogP contribution in [-0.4, -0.2) is 5.11 Å².